The zero-order valence-corrected chi connectivity index (χ0v) is 24.2. The van der Waals surface area contributed by atoms with Gasteiger partial charge in [0.1, 0.15) is 11.3 Å². The van der Waals surface area contributed by atoms with Gasteiger partial charge in [0, 0.05) is 29.7 Å². The van der Waals surface area contributed by atoms with Crippen molar-refractivity contribution in [1.29, 1.82) is 0 Å². The number of fused-ring (bicyclic) bond motifs is 2. The van der Waals surface area contributed by atoms with Gasteiger partial charge >= 0.3 is 0 Å². The molecule has 1 aliphatic heterocycles. The molecular weight excluding hydrogens is 576 g/mol. The van der Waals surface area contributed by atoms with Crippen LogP contribution < -0.4 is 19.8 Å². The van der Waals surface area contributed by atoms with Crippen LogP contribution in [0.5, 0.6) is 17.2 Å². The fraction of sp³-hybridized carbons (Fsp3) is 0.226. The molecule has 3 heterocycles. The third kappa shape index (κ3) is 5.64. The molecule has 0 spiro atoms. The van der Waals surface area contributed by atoms with Crippen molar-refractivity contribution in [2.75, 3.05) is 47.1 Å². The van der Waals surface area contributed by atoms with E-state index in [-0.39, 0.29) is 24.1 Å². The lowest BCUT2D eigenvalue weighted by atomic mass is 10.2. The van der Waals surface area contributed by atoms with E-state index in [0.717, 1.165) is 10.1 Å². The highest BCUT2D eigenvalue weighted by Crippen LogP contribution is 2.35. The van der Waals surface area contributed by atoms with Crippen molar-refractivity contribution in [3.05, 3.63) is 81.6 Å². The predicted molar refractivity (Wildman–Crippen MR) is 162 cm³/mol. The minimum absolute atomic E-state index is 0.178. The van der Waals surface area contributed by atoms with Gasteiger partial charge in [-0.2, -0.15) is 9.78 Å². The van der Waals surface area contributed by atoms with Crippen LogP contribution >= 0.6 is 11.6 Å². The first-order valence-electron chi connectivity index (χ1n) is 13.5. The zero-order chi connectivity index (χ0) is 29.9. The van der Waals surface area contributed by atoms with Gasteiger partial charge < -0.3 is 28.3 Å². The minimum Gasteiger partial charge on any atom is -0.496 e. The summed E-state index contributed by atoms with van der Waals surface area (Å²) in [5.41, 5.74) is 1.02. The van der Waals surface area contributed by atoms with E-state index in [1.165, 1.54) is 13.3 Å². The van der Waals surface area contributed by atoms with E-state index >= 15 is 0 Å². The Labute approximate surface area is 250 Å². The Kier molecular flexibility index (Phi) is 7.99. The fourth-order valence-electron chi connectivity index (χ4n) is 4.86. The molecule has 12 heteroatoms. The Bertz CT molecular complexity index is 1910. The van der Waals surface area contributed by atoms with E-state index in [1.54, 1.807) is 60.5 Å². The number of amides is 1. The van der Waals surface area contributed by atoms with Crippen molar-refractivity contribution in [3.8, 4) is 28.8 Å². The molecule has 43 heavy (non-hydrogen) atoms. The van der Waals surface area contributed by atoms with Gasteiger partial charge in [-0.3, -0.25) is 9.59 Å². The van der Waals surface area contributed by atoms with Crippen molar-refractivity contribution in [2.45, 2.75) is 0 Å². The van der Waals surface area contributed by atoms with Gasteiger partial charge in [0.25, 0.3) is 11.5 Å². The molecule has 6 rings (SSSR count). The van der Waals surface area contributed by atoms with Crippen LogP contribution in [0.15, 0.2) is 75.0 Å². The number of para-hydroxylation sites is 1. The van der Waals surface area contributed by atoms with E-state index in [4.69, 9.17) is 39.9 Å². The molecule has 220 valence electrons. The maximum Gasteiger partial charge on any atom is 0.282 e. The fourth-order valence-corrected chi connectivity index (χ4v) is 5.08. The zero-order valence-electron chi connectivity index (χ0n) is 23.4. The predicted octanol–water partition coefficient (Wildman–Crippen LogP) is 4.60. The summed E-state index contributed by atoms with van der Waals surface area (Å²) in [5.74, 6) is 1.46. The molecular formula is C31H27ClN4O7. The van der Waals surface area contributed by atoms with Gasteiger partial charge in [-0.25, -0.2) is 4.98 Å². The molecule has 1 saturated heterocycles. The molecule has 0 N–H and O–H groups in total. The number of rotatable bonds is 8. The normalized spacial score (nSPS) is 13.6. The van der Waals surface area contributed by atoms with Crippen LogP contribution in [0.2, 0.25) is 5.02 Å². The van der Waals surface area contributed by atoms with Crippen molar-refractivity contribution in [2.24, 2.45) is 5.10 Å². The summed E-state index contributed by atoms with van der Waals surface area (Å²) >= 11 is 6.38. The molecule has 1 fully saturated rings. The smallest absolute Gasteiger partial charge is 0.282 e. The van der Waals surface area contributed by atoms with Crippen LogP contribution in [0.4, 0.5) is 0 Å². The Morgan fingerprint density at radius 1 is 1.02 bits per heavy atom. The van der Waals surface area contributed by atoms with Gasteiger partial charge in [-0.1, -0.05) is 29.8 Å². The van der Waals surface area contributed by atoms with Gasteiger partial charge in [0.15, 0.2) is 23.9 Å². The number of methoxy groups -OCH3 is 2. The third-order valence-corrected chi connectivity index (χ3v) is 7.22. The SMILES string of the molecule is COc1cc(Cl)cc(C=Nn2c(-c3cc4c(OC)cccc4o3)nc3ccccc3c2=O)c1OCC(=O)N1CCOCC1. The highest BCUT2D eigenvalue weighted by Gasteiger charge is 2.21. The number of morpholine rings is 1. The summed E-state index contributed by atoms with van der Waals surface area (Å²) in [6.07, 6.45) is 1.41. The molecule has 0 bridgehead atoms. The summed E-state index contributed by atoms with van der Waals surface area (Å²) in [5, 5.41) is 5.96. The molecule has 3 aromatic carbocycles. The molecule has 0 unspecified atom stereocenters. The average molecular weight is 603 g/mol. The van der Waals surface area contributed by atoms with Gasteiger partial charge in [-0.15, -0.1) is 0 Å². The molecule has 11 nitrogen and oxygen atoms in total. The molecule has 0 aliphatic carbocycles. The highest BCUT2D eigenvalue weighted by atomic mass is 35.5. The Hall–Kier alpha value is -4.87. The second-order valence-corrected chi connectivity index (χ2v) is 10.0. The lowest BCUT2D eigenvalue weighted by molar-refractivity contribution is -0.137. The van der Waals surface area contributed by atoms with Gasteiger partial charge in [-0.05, 0) is 36.4 Å². The molecule has 1 aliphatic rings. The average Bonchev–Trinajstić information content (AvgIpc) is 3.48. The minimum atomic E-state index is -0.414. The van der Waals surface area contributed by atoms with Crippen LogP contribution in [-0.4, -0.2) is 73.8 Å². The van der Waals surface area contributed by atoms with Crippen molar-refractivity contribution >= 4 is 45.6 Å². The third-order valence-electron chi connectivity index (χ3n) is 7.00. The second kappa shape index (κ2) is 12.2. The maximum absolute atomic E-state index is 13.7. The number of carbonyl (C=O) groups is 1. The maximum atomic E-state index is 13.7. The molecule has 1 amide bonds. The molecule has 5 aromatic rings. The van der Waals surface area contributed by atoms with Crippen LogP contribution in [-0.2, 0) is 9.53 Å². The largest absolute Gasteiger partial charge is 0.496 e. The quantitative estimate of drug-likeness (QED) is 0.237. The van der Waals surface area contributed by atoms with Crippen molar-refractivity contribution < 1.29 is 28.2 Å². The van der Waals surface area contributed by atoms with Crippen molar-refractivity contribution in [3.63, 3.8) is 0 Å². The van der Waals surface area contributed by atoms with Crippen molar-refractivity contribution in [1.82, 2.24) is 14.6 Å². The number of aromatic nitrogens is 2. The summed E-state index contributed by atoms with van der Waals surface area (Å²) < 4.78 is 29.5. The first-order valence-corrected chi connectivity index (χ1v) is 13.8. The first-order chi connectivity index (χ1) is 21.0. The molecule has 0 radical (unpaired) electrons. The monoisotopic (exact) mass is 602 g/mol. The van der Waals surface area contributed by atoms with E-state index in [9.17, 15) is 9.59 Å². The van der Waals surface area contributed by atoms with Gasteiger partial charge in [0.2, 0.25) is 5.82 Å². The van der Waals surface area contributed by atoms with Crippen LogP contribution in [0.1, 0.15) is 5.56 Å². The van der Waals surface area contributed by atoms with Crippen LogP contribution in [0, 0.1) is 0 Å². The number of benzene rings is 3. The van der Waals surface area contributed by atoms with E-state index in [0.29, 0.717) is 70.6 Å². The molecule has 0 saturated carbocycles. The summed E-state index contributed by atoms with van der Waals surface area (Å²) in [6, 6.07) is 17.3. The molecule has 0 atom stereocenters. The van der Waals surface area contributed by atoms with E-state index in [1.807, 2.05) is 12.1 Å². The molecule has 2 aromatic heterocycles. The standard InChI is InChI=1S/C31H27ClN4O7/c1-39-24-8-5-9-25-22(24)16-27(43-25)30-34-23-7-4-3-6-21(23)31(38)36(30)33-17-19-14-20(32)15-26(40-2)29(19)42-18-28(37)35-10-12-41-13-11-35/h3-9,14-17H,10-13,18H2,1-2H3. The van der Waals surface area contributed by atoms with E-state index in [2.05, 4.69) is 5.10 Å². The van der Waals surface area contributed by atoms with E-state index < -0.39 is 5.56 Å². The number of ether oxygens (including phenoxy) is 4. The Balaban J connectivity index is 1.44. The topological polar surface area (TPSA) is 118 Å². The Morgan fingerprint density at radius 3 is 2.60 bits per heavy atom. The summed E-state index contributed by atoms with van der Waals surface area (Å²) in [6.45, 7) is 1.69. The number of halogens is 1. The summed E-state index contributed by atoms with van der Waals surface area (Å²) in [7, 11) is 3.04. The number of nitrogens with zero attached hydrogens (tertiary/aromatic N) is 4. The van der Waals surface area contributed by atoms with Gasteiger partial charge in [0.05, 0.1) is 49.9 Å². The number of carbonyl (C=O) groups excluding carboxylic acids is 1. The first kappa shape index (κ1) is 28.3. The summed E-state index contributed by atoms with van der Waals surface area (Å²) in [4.78, 5) is 32.9. The highest BCUT2D eigenvalue weighted by molar-refractivity contribution is 6.31. The number of furan rings is 1. The van der Waals surface area contributed by atoms with Crippen LogP contribution in [0.3, 0.4) is 0 Å². The number of hydrogen-bond donors (Lipinski definition) is 0. The second-order valence-electron chi connectivity index (χ2n) is 9.61. The van der Waals surface area contributed by atoms with Crippen LogP contribution in [0.25, 0.3) is 33.5 Å². The lowest BCUT2D eigenvalue weighted by Gasteiger charge is -2.27. The lowest BCUT2D eigenvalue weighted by Crippen LogP contribution is -2.43. The Morgan fingerprint density at radius 2 is 1.81 bits per heavy atom. The number of hydrogen-bond acceptors (Lipinski definition) is 9.